The SMILES string of the molecule is Cc1nnc(CN=C(NC2CCCCC2)N2CCC(C)(C)C2)n1C. The van der Waals surface area contributed by atoms with Gasteiger partial charge in [0.05, 0.1) is 0 Å². The van der Waals surface area contributed by atoms with Crippen molar-refractivity contribution < 1.29 is 0 Å². The lowest BCUT2D eigenvalue weighted by Crippen LogP contribution is -2.46. The van der Waals surface area contributed by atoms with Gasteiger partial charge >= 0.3 is 0 Å². The average molecular weight is 332 g/mol. The topological polar surface area (TPSA) is 58.3 Å². The second kappa shape index (κ2) is 7.11. The molecular formula is C18H32N6. The standard InChI is InChI=1S/C18H32N6/c1-14-21-22-16(23(14)4)12-19-17(20-15-8-6-5-7-9-15)24-11-10-18(2,3)13-24/h15H,5-13H2,1-4H3,(H,19,20). The van der Waals surface area contributed by atoms with Crippen LogP contribution in [0.25, 0.3) is 0 Å². The van der Waals surface area contributed by atoms with E-state index in [0.29, 0.717) is 18.0 Å². The lowest BCUT2D eigenvalue weighted by atomic mass is 9.93. The first-order valence-corrected chi connectivity index (χ1v) is 9.35. The first-order valence-electron chi connectivity index (χ1n) is 9.35. The van der Waals surface area contributed by atoms with Crippen molar-refractivity contribution in [3.8, 4) is 0 Å². The van der Waals surface area contributed by atoms with Crippen molar-refractivity contribution in [2.75, 3.05) is 13.1 Å². The summed E-state index contributed by atoms with van der Waals surface area (Å²) in [5.74, 6) is 2.92. The summed E-state index contributed by atoms with van der Waals surface area (Å²) in [4.78, 5) is 7.35. The van der Waals surface area contributed by atoms with E-state index in [1.54, 1.807) is 0 Å². The molecule has 24 heavy (non-hydrogen) atoms. The van der Waals surface area contributed by atoms with Gasteiger partial charge in [0.1, 0.15) is 12.4 Å². The molecule has 1 saturated carbocycles. The fourth-order valence-corrected chi connectivity index (χ4v) is 3.69. The summed E-state index contributed by atoms with van der Waals surface area (Å²) in [5, 5.41) is 12.1. The van der Waals surface area contributed by atoms with Crippen molar-refractivity contribution in [3.05, 3.63) is 11.6 Å². The van der Waals surface area contributed by atoms with E-state index in [9.17, 15) is 0 Å². The van der Waals surface area contributed by atoms with E-state index >= 15 is 0 Å². The highest BCUT2D eigenvalue weighted by Crippen LogP contribution is 2.29. The zero-order chi connectivity index (χ0) is 17.2. The van der Waals surface area contributed by atoms with Gasteiger partial charge in [0.15, 0.2) is 11.8 Å². The van der Waals surface area contributed by atoms with Gasteiger partial charge in [0, 0.05) is 26.2 Å². The summed E-state index contributed by atoms with van der Waals surface area (Å²) in [6, 6.07) is 0.572. The van der Waals surface area contributed by atoms with E-state index in [4.69, 9.17) is 4.99 Å². The van der Waals surface area contributed by atoms with E-state index < -0.39 is 0 Å². The number of guanidine groups is 1. The van der Waals surface area contributed by atoms with Crippen LogP contribution in [0.3, 0.4) is 0 Å². The van der Waals surface area contributed by atoms with Crippen LogP contribution in [0.1, 0.15) is 64.0 Å². The van der Waals surface area contributed by atoms with Crippen LogP contribution >= 0.6 is 0 Å². The van der Waals surface area contributed by atoms with Crippen LogP contribution in [0.15, 0.2) is 4.99 Å². The van der Waals surface area contributed by atoms with Gasteiger partial charge in [-0.25, -0.2) is 4.99 Å². The van der Waals surface area contributed by atoms with Crippen LogP contribution in [0.5, 0.6) is 0 Å². The number of hydrogen-bond donors (Lipinski definition) is 1. The minimum absolute atomic E-state index is 0.371. The van der Waals surface area contributed by atoms with Crippen LogP contribution in [0.2, 0.25) is 0 Å². The molecule has 0 spiro atoms. The normalized spacial score (nSPS) is 22.2. The third kappa shape index (κ3) is 4.08. The number of hydrogen-bond acceptors (Lipinski definition) is 3. The third-order valence-corrected chi connectivity index (χ3v) is 5.47. The Labute approximate surface area is 145 Å². The maximum Gasteiger partial charge on any atom is 0.194 e. The molecule has 6 heteroatoms. The molecule has 0 aromatic carbocycles. The number of likely N-dealkylation sites (tertiary alicyclic amines) is 1. The number of nitrogens with one attached hydrogen (secondary N) is 1. The molecular weight excluding hydrogens is 300 g/mol. The summed E-state index contributed by atoms with van der Waals surface area (Å²) < 4.78 is 2.02. The Balaban J connectivity index is 1.73. The molecule has 2 heterocycles. The van der Waals surface area contributed by atoms with Gasteiger partial charge in [-0.1, -0.05) is 33.1 Å². The Kier molecular flexibility index (Phi) is 5.11. The zero-order valence-corrected chi connectivity index (χ0v) is 15.7. The Bertz CT molecular complexity index is 582. The molecule has 3 rings (SSSR count). The second-order valence-electron chi connectivity index (χ2n) is 8.18. The highest BCUT2D eigenvalue weighted by atomic mass is 15.3. The molecule has 1 N–H and O–H groups in total. The van der Waals surface area contributed by atoms with Crippen LogP contribution in [-0.4, -0.2) is 44.8 Å². The molecule has 1 aromatic rings. The fourth-order valence-electron chi connectivity index (χ4n) is 3.69. The maximum atomic E-state index is 4.92. The van der Waals surface area contributed by atoms with E-state index in [0.717, 1.165) is 30.7 Å². The second-order valence-corrected chi connectivity index (χ2v) is 8.18. The quantitative estimate of drug-likeness (QED) is 0.683. The lowest BCUT2D eigenvalue weighted by Gasteiger charge is -2.30. The zero-order valence-electron chi connectivity index (χ0n) is 15.7. The summed E-state index contributed by atoms with van der Waals surface area (Å²) in [6.07, 6.45) is 7.79. The fraction of sp³-hybridized carbons (Fsp3) is 0.833. The summed E-state index contributed by atoms with van der Waals surface area (Å²) in [7, 11) is 2.01. The summed E-state index contributed by atoms with van der Waals surface area (Å²) in [6.45, 7) is 9.41. The minimum atomic E-state index is 0.371. The monoisotopic (exact) mass is 332 g/mol. The van der Waals surface area contributed by atoms with Crippen LogP contribution < -0.4 is 5.32 Å². The van der Waals surface area contributed by atoms with Crippen LogP contribution in [0.4, 0.5) is 0 Å². The molecule has 1 aliphatic heterocycles. The van der Waals surface area contributed by atoms with Crippen LogP contribution in [0, 0.1) is 12.3 Å². The molecule has 0 atom stereocenters. The van der Waals surface area contributed by atoms with Gasteiger partial charge in [-0.2, -0.15) is 0 Å². The molecule has 0 bridgehead atoms. The van der Waals surface area contributed by atoms with Crippen molar-refractivity contribution in [2.24, 2.45) is 17.5 Å². The van der Waals surface area contributed by atoms with Crippen molar-refractivity contribution in [1.29, 1.82) is 0 Å². The average Bonchev–Trinajstić information content (AvgIpc) is 3.08. The molecule has 0 amide bonds. The Morgan fingerprint density at radius 2 is 2.00 bits per heavy atom. The molecule has 1 aliphatic carbocycles. The molecule has 6 nitrogen and oxygen atoms in total. The van der Waals surface area contributed by atoms with Crippen molar-refractivity contribution >= 4 is 5.96 Å². The largest absolute Gasteiger partial charge is 0.353 e. The predicted molar refractivity (Wildman–Crippen MR) is 96.9 cm³/mol. The van der Waals surface area contributed by atoms with E-state index in [1.165, 1.54) is 38.5 Å². The first kappa shape index (κ1) is 17.2. The molecule has 0 unspecified atom stereocenters. The number of aliphatic imine (C=N–C) groups is 1. The molecule has 2 fully saturated rings. The number of aryl methyl sites for hydroxylation is 1. The summed E-state index contributed by atoms with van der Waals surface area (Å²) in [5.41, 5.74) is 0.371. The number of aromatic nitrogens is 3. The lowest BCUT2D eigenvalue weighted by molar-refractivity contribution is 0.354. The van der Waals surface area contributed by atoms with E-state index in [2.05, 4.69) is 34.3 Å². The van der Waals surface area contributed by atoms with Gasteiger partial charge in [-0.15, -0.1) is 10.2 Å². The van der Waals surface area contributed by atoms with Crippen molar-refractivity contribution in [2.45, 2.75) is 71.9 Å². The van der Waals surface area contributed by atoms with Gasteiger partial charge in [0.2, 0.25) is 0 Å². The van der Waals surface area contributed by atoms with E-state index in [-0.39, 0.29) is 0 Å². The number of nitrogens with zero attached hydrogens (tertiary/aromatic N) is 5. The molecule has 2 aliphatic rings. The van der Waals surface area contributed by atoms with Crippen LogP contribution in [-0.2, 0) is 13.6 Å². The van der Waals surface area contributed by atoms with Gasteiger partial charge in [-0.05, 0) is 31.6 Å². The van der Waals surface area contributed by atoms with Gasteiger partial charge in [0.25, 0.3) is 0 Å². The van der Waals surface area contributed by atoms with Gasteiger partial charge < -0.3 is 14.8 Å². The first-order chi connectivity index (χ1) is 11.4. The van der Waals surface area contributed by atoms with Gasteiger partial charge in [-0.3, -0.25) is 0 Å². The highest BCUT2D eigenvalue weighted by molar-refractivity contribution is 5.80. The predicted octanol–water partition coefficient (Wildman–Crippen LogP) is 2.63. The van der Waals surface area contributed by atoms with Crippen molar-refractivity contribution in [1.82, 2.24) is 25.0 Å². The number of rotatable bonds is 3. The van der Waals surface area contributed by atoms with Crippen molar-refractivity contribution in [3.63, 3.8) is 0 Å². The summed E-state index contributed by atoms with van der Waals surface area (Å²) >= 11 is 0. The Morgan fingerprint density at radius 3 is 2.58 bits per heavy atom. The highest BCUT2D eigenvalue weighted by Gasteiger charge is 2.32. The molecule has 1 aromatic heterocycles. The third-order valence-electron chi connectivity index (χ3n) is 5.47. The Morgan fingerprint density at radius 1 is 1.25 bits per heavy atom. The maximum absolute atomic E-state index is 4.92. The minimum Gasteiger partial charge on any atom is -0.353 e. The Hall–Kier alpha value is -1.59. The molecule has 1 saturated heterocycles. The molecule has 0 radical (unpaired) electrons. The smallest absolute Gasteiger partial charge is 0.194 e. The molecule has 134 valence electrons. The van der Waals surface area contributed by atoms with E-state index in [1.807, 2.05) is 18.5 Å².